The van der Waals surface area contributed by atoms with Crippen LogP contribution in [0.3, 0.4) is 0 Å². The van der Waals surface area contributed by atoms with Crippen LogP contribution in [0, 0.1) is 23.7 Å². The maximum atomic E-state index is 14.1. The molecule has 1 aliphatic carbocycles. The number of carbonyl (C=O) groups excluding carboxylic acids is 2. The molecule has 2 aromatic rings. The van der Waals surface area contributed by atoms with Crippen LogP contribution in [0.2, 0.25) is 0 Å². The van der Waals surface area contributed by atoms with E-state index in [0.717, 1.165) is 12.8 Å². The summed E-state index contributed by atoms with van der Waals surface area (Å²) in [6.07, 6.45) is -0.907. The van der Waals surface area contributed by atoms with Gasteiger partial charge in [0.2, 0.25) is 20.0 Å². The molecule has 0 radical (unpaired) electrons. The highest BCUT2D eigenvalue weighted by molar-refractivity contribution is 7.89. The summed E-state index contributed by atoms with van der Waals surface area (Å²) < 4.78 is 63.5. The van der Waals surface area contributed by atoms with Gasteiger partial charge in [0.25, 0.3) is 0 Å². The monoisotopic (exact) mass is 790 g/mol. The largest absolute Gasteiger partial charge is 0.535 e. The number of piperidine rings is 2. The number of fused-ring (bicyclic) bond motifs is 2. The summed E-state index contributed by atoms with van der Waals surface area (Å²) in [5.74, 6) is -3.42. The van der Waals surface area contributed by atoms with Crippen molar-refractivity contribution in [2.75, 3.05) is 32.8 Å². The number of carbonyl (C=O) groups is 4. The Morgan fingerprint density at radius 2 is 1.07 bits per heavy atom. The van der Waals surface area contributed by atoms with E-state index >= 15 is 0 Å². The van der Waals surface area contributed by atoms with Crippen molar-refractivity contribution < 1.29 is 60.6 Å². The number of rotatable bonds is 11. The zero-order chi connectivity index (χ0) is 39.5. The molecule has 292 valence electrons. The summed E-state index contributed by atoms with van der Waals surface area (Å²) >= 11 is 0. The van der Waals surface area contributed by atoms with Crippen molar-refractivity contribution in [3.63, 3.8) is 0 Å². The summed E-state index contributed by atoms with van der Waals surface area (Å²) in [4.78, 5) is 56.6. The van der Waals surface area contributed by atoms with Gasteiger partial charge in [0.05, 0.1) is 22.6 Å². The molecule has 3 aliphatic rings. The van der Waals surface area contributed by atoms with E-state index in [4.69, 9.17) is 19.9 Å². The first-order valence-corrected chi connectivity index (χ1v) is 20.2. The first-order valence-electron chi connectivity index (χ1n) is 17.3. The average Bonchev–Trinajstić information content (AvgIpc) is 3.09. The fraction of sp³-hybridized carbons (Fsp3) is 0.486. The molecule has 17 nitrogen and oxygen atoms in total. The molecule has 0 bridgehead atoms. The smallest absolute Gasteiger partial charge is 0.481 e. The van der Waals surface area contributed by atoms with E-state index in [-0.39, 0.29) is 93.3 Å². The van der Waals surface area contributed by atoms with Gasteiger partial charge in [-0.05, 0) is 60.8 Å². The van der Waals surface area contributed by atoms with E-state index in [1.54, 1.807) is 0 Å². The van der Waals surface area contributed by atoms with Gasteiger partial charge in [-0.3, -0.25) is 9.63 Å². The highest BCUT2D eigenvalue weighted by Gasteiger charge is 2.37. The molecule has 2 saturated heterocycles. The summed E-state index contributed by atoms with van der Waals surface area (Å²) in [5, 5.41) is 25.9. The van der Waals surface area contributed by atoms with Gasteiger partial charge in [-0.2, -0.15) is 8.61 Å². The summed E-state index contributed by atoms with van der Waals surface area (Å²) in [6.45, 7) is 7.85. The lowest BCUT2D eigenvalue weighted by atomic mass is 9.83. The lowest BCUT2D eigenvalue weighted by molar-refractivity contribution is -0.147. The number of aliphatic carboxylic acids is 2. The second-order valence-electron chi connectivity index (χ2n) is 14.2. The van der Waals surface area contributed by atoms with Crippen molar-refractivity contribution in [1.29, 1.82) is 0 Å². The molecule has 0 aromatic heterocycles. The molecule has 0 unspecified atom stereocenters. The van der Waals surface area contributed by atoms with Gasteiger partial charge in [0.15, 0.2) is 6.61 Å². The van der Waals surface area contributed by atoms with Gasteiger partial charge in [-0.25, -0.2) is 31.2 Å². The van der Waals surface area contributed by atoms with Crippen molar-refractivity contribution >= 4 is 55.5 Å². The third-order valence-electron chi connectivity index (χ3n) is 9.26. The van der Waals surface area contributed by atoms with Crippen molar-refractivity contribution in [1.82, 2.24) is 8.61 Å². The zero-order valence-electron chi connectivity index (χ0n) is 30.1. The molecular formula is C35H42N4O13S2. The minimum atomic E-state index is -4.12. The summed E-state index contributed by atoms with van der Waals surface area (Å²) in [7, 11) is -8.25. The van der Waals surface area contributed by atoms with Crippen LogP contribution in [0.25, 0.3) is 0 Å². The second-order valence-corrected chi connectivity index (χ2v) is 18.1. The van der Waals surface area contributed by atoms with Crippen LogP contribution >= 0.6 is 0 Å². The molecule has 2 fully saturated rings. The maximum absolute atomic E-state index is 14.1. The van der Waals surface area contributed by atoms with Crippen LogP contribution in [0.4, 0.5) is 4.79 Å². The lowest BCUT2D eigenvalue weighted by Gasteiger charge is -2.34. The molecule has 54 heavy (non-hydrogen) atoms. The summed E-state index contributed by atoms with van der Waals surface area (Å²) in [6, 6.07) is 7.89. The third-order valence-corrected chi connectivity index (χ3v) is 12.9. The predicted molar refractivity (Wildman–Crippen MR) is 191 cm³/mol. The number of nitrogens with zero attached hydrogens (tertiary/aromatic N) is 4. The Bertz CT molecular complexity index is 1990. The first kappa shape index (κ1) is 40.5. The molecule has 2 aromatic carbocycles. The maximum Gasteiger partial charge on any atom is 0.535 e. The quantitative estimate of drug-likeness (QED) is 0.161. The molecule has 0 spiro atoms. The number of hydrogen-bond acceptors (Lipinski definition) is 13. The van der Waals surface area contributed by atoms with Crippen molar-refractivity contribution in [3.8, 4) is 0 Å². The van der Waals surface area contributed by atoms with Gasteiger partial charge in [-0.1, -0.05) is 50.1 Å². The Morgan fingerprint density at radius 1 is 0.648 bits per heavy atom. The lowest BCUT2D eigenvalue weighted by Crippen LogP contribution is -2.42. The Kier molecular flexibility index (Phi) is 12.2. The molecule has 4 atom stereocenters. The van der Waals surface area contributed by atoms with Crippen LogP contribution < -0.4 is 0 Å². The number of hydrogen-bond donors (Lipinski definition) is 2. The van der Waals surface area contributed by atoms with Gasteiger partial charge < -0.3 is 19.8 Å². The Labute approximate surface area is 312 Å². The van der Waals surface area contributed by atoms with Crippen LogP contribution in [0.15, 0.2) is 56.5 Å². The highest BCUT2D eigenvalue weighted by atomic mass is 32.2. The minimum Gasteiger partial charge on any atom is -0.481 e. The van der Waals surface area contributed by atoms with E-state index in [1.807, 2.05) is 27.7 Å². The van der Waals surface area contributed by atoms with Crippen molar-refractivity contribution in [3.05, 3.63) is 58.7 Å². The standard InChI is InChI=1S/C35H42N4O13S2/c1-20-11-21(2)16-38(15-20)53(46,47)24-5-7-26-28(13-24)34(36-51-32(44)10-9-30(40)41)29-14-25(54(48,49)39-17-22(3)12-23(4)18-39)6-8-27(29)33(26)37-52-35(45)50-19-31(42)43/h5-8,13-14,20-23H,9-12,15-19H2,1-4H3,(H,40,41)(H,42,43)/t20-,21+,22-,23+. The van der Waals surface area contributed by atoms with Crippen LogP contribution in [-0.2, 0) is 48.8 Å². The molecule has 5 rings (SSSR count). The molecule has 2 aliphatic heterocycles. The fourth-order valence-electron chi connectivity index (χ4n) is 7.14. The number of benzene rings is 2. The molecule has 19 heteroatoms. The average molecular weight is 791 g/mol. The number of sulfonamides is 2. The van der Waals surface area contributed by atoms with Crippen LogP contribution in [0.1, 0.15) is 75.6 Å². The molecular weight excluding hydrogens is 749 g/mol. The van der Waals surface area contributed by atoms with Crippen molar-refractivity contribution in [2.24, 2.45) is 34.0 Å². The normalized spacial score (nSPS) is 22.0. The predicted octanol–water partition coefficient (Wildman–Crippen LogP) is 3.48. The van der Waals surface area contributed by atoms with Gasteiger partial charge in [-0.15, -0.1) is 0 Å². The summed E-state index contributed by atoms with van der Waals surface area (Å²) in [5.41, 5.74) is -0.0971. The number of carboxylic acid groups (broad SMARTS) is 2. The zero-order valence-corrected chi connectivity index (χ0v) is 31.8. The van der Waals surface area contributed by atoms with Gasteiger partial charge in [0.1, 0.15) is 11.4 Å². The number of carboxylic acids is 2. The highest BCUT2D eigenvalue weighted by Crippen LogP contribution is 2.35. The number of ether oxygens (including phenoxy) is 1. The van der Waals surface area contributed by atoms with E-state index < -0.39 is 63.6 Å². The van der Waals surface area contributed by atoms with Crippen LogP contribution in [-0.4, -0.2) is 104 Å². The Hall–Kier alpha value is -4.72. The Morgan fingerprint density at radius 3 is 1.50 bits per heavy atom. The molecule has 0 saturated carbocycles. The fourth-order valence-corrected chi connectivity index (χ4v) is 10.6. The molecule has 2 N–H and O–H groups in total. The van der Waals surface area contributed by atoms with Gasteiger partial charge >= 0.3 is 24.1 Å². The first-order chi connectivity index (χ1) is 25.4. The van der Waals surface area contributed by atoms with E-state index in [2.05, 4.69) is 15.0 Å². The Balaban J connectivity index is 1.69. The SMILES string of the molecule is C[C@@H]1C[C@H](C)CN(S(=O)(=O)c2ccc3c(c2)C(=NOC(=O)CCC(=O)O)c2cc(S(=O)(=O)N4C[C@H](C)C[C@H](C)C4)ccc2C3=NOC(=O)OCC(=O)O)C1. The van der Waals surface area contributed by atoms with E-state index in [0.29, 0.717) is 0 Å². The number of oxime groups is 2. The van der Waals surface area contributed by atoms with Gasteiger partial charge in [0, 0.05) is 48.4 Å². The van der Waals surface area contributed by atoms with E-state index in [1.165, 1.54) is 45.0 Å². The second kappa shape index (κ2) is 16.3. The minimum absolute atomic E-state index is 0.0104. The molecule has 2 heterocycles. The van der Waals surface area contributed by atoms with Crippen molar-refractivity contribution in [2.45, 2.75) is 63.2 Å². The van der Waals surface area contributed by atoms with Crippen LogP contribution in [0.5, 0.6) is 0 Å². The molecule has 0 amide bonds. The third kappa shape index (κ3) is 9.14. The van der Waals surface area contributed by atoms with E-state index in [9.17, 15) is 36.0 Å². The topological polar surface area (TPSA) is 236 Å².